The fourth-order valence-electron chi connectivity index (χ4n) is 3.56. The van der Waals surface area contributed by atoms with E-state index in [1.54, 1.807) is 0 Å². The van der Waals surface area contributed by atoms with E-state index in [-0.39, 0.29) is 11.9 Å². The molecule has 3 aromatic carbocycles. The summed E-state index contributed by atoms with van der Waals surface area (Å²) < 4.78 is 2.28. The molecule has 0 spiro atoms. The maximum atomic E-state index is 12.3. The SMILES string of the molecule is CC(c1ccccc1)n1c(CCNC(=O)c2ccccc2)nc2ccccc21. The van der Waals surface area contributed by atoms with Gasteiger partial charge in [0.2, 0.25) is 0 Å². The highest BCUT2D eigenvalue weighted by molar-refractivity contribution is 5.94. The number of aromatic nitrogens is 2. The van der Waals surface area contributed by atoms with Crippen LogP contribution < -0.4 is 5.32 Å². The molecule has 28 heavy (non-hydrogen) atoms. The van der Waals surface area contributed by atoms with Crippen LogP contribution in [0.15, 0.2) is 84.9 Å². The van der Waals surface area contributed by atoms with Gasteiger partial charge in [0.05, 0.1) is 17.1 Å². The average molecular weight is 369 g/mol. The van der Waals surface area contributed by atoms with Crippen LogP contribution in [0.5, 0.6) is 0 Å². The largest absolute Gasteiger partial charge is 0.352 e. The summed E-state index contributed by atoms with van der Waals surface area (Å²) in [6.07, 6.45) is 0.671. The molecule has 1 atom stereocenters. The molecule has 0 saturated carbocycles. The van der Waals surface area contributed by atoms with Gasteiger partial charge in [-0.1, -0.05) is 60.7 Å². The van der Waals surface area contributed by atoms with Crippen molar-refractivity contribution >= 4 is 16.9 Å². The minimum atomic E-state index is -0.0561. The molecule has 0 bridgehead atoms. The lowest BCUT2D eigenvalue weighted by molar-refractivity contribution is 0.0954. The van der Waals surface area contributed by atoms with Gasteiger partial charge in [-0.3, -0.25) is 4.79 Å². The van der Waals surface area contributed by atoms with Gasteiger partial charge in [-0.25, -0.2) is 4.98 Å². The van der Waals surface area contributed by atoms with Crippen molar-refractivity contribution in [1.29, 1.82) is 0 Å². The van der Waals surface area contributed by atoms with Crippen molar-refractivity contribution in [2.45, 2.75) is 19.4 Å². The lowest BCUT2D eigenvalue weighted by Crippen LogP contribution is -2.26. The molecule has 4 rings (SSSR count). The van der Waals surface area contributed by atoms with E-state index >= 15 is 0 Å². The van der Waals surface area contributed by atoms with Crippen molar-refractivity contribution in [3.8, 4) is 0 Å². The number of nitrogens with zero attached hydrogens (tertiary/aromatic N) is 2. The summed E-state index contributed by atoms with van der Waals surface area (Å²) in [5.41, 5.74) is 4.01. The highest BCUT2D eigenvalue weighted by Crippen LogP contribution is 2.26. The first-order chi connectivity index (χ1) is 13.7. The molecule has 1 amide bonds. The van der Waals surface area contributed by atoms with E-state index < -0.39 is 0 Å². The summed E-state index contributed by atoms with van der Waals surface area (Å²) in [6.45, 7) is 2.73. The molecular formula is C24H23N3O. The predicted molar refractivity (Wildman–Crippen MR) is 112 cm³/mol. The van der Waals surface area contributed by atoms with Gasteiger partial charge < -0.3 is 9.88 Å². The number of carbonyl (C=O) groups excluding carboxylic acids is 1. The number of para-hydroxylation sites is 2. The van der Waals surface area contributed by atoms with Crippen molar-refractivity contribution in [3.63, 3.8) is 0 Å². The second-order valence-electron chi connectivity index (χ2n) is 6.85. The molecule has 1 heterocycles. The van der Waals surface area contributed by atoms with Gasteiger partial charge in [0.15, 0.2) is 0 Å². The molecule has 0 saturated heterocycles. The van der Waals surface area contributed by atoms with Crippen LogP contribution in [-0.2, 0) is 6.42 Å². The van der Waals surface area contributed by atoms with Crippen molar-refractivity contribution in [3.05, 3.63) is 102 Å². The van der Waals surface area contributed by atoms with Gasteiger partial charge in [-0.05, 0) is 36.8 Å². The fraction of sp³-hybridized carbons (Fsp3) is 0.167. The minimum Gasteiger partial charge on any atom is -0.352 e. The van der Waals surface area contributed by atoms with Gasteiger partial charge in [0.1, 0.15) is 5.82 Å². The number of amides is 1. The monoisotopic (exact) mass is 369 g/mol. The van der Waals surface area contributed by atoms with Gasteiger partial charge in [-0.15, -0.1) is 0 Å². The first kappa shape index (κ1) is 18.0. The van der Waals surface area contributed by atoms with Crippen molar-refractivity contribution in [1.82, 2.24) is 14.9 Å². The zero-order valence-corrected chi connectivity index (χ0v) is 15.9. The molecule has 4 nitrogen and oxygen atoms in total. The van der Waals surface area contributed by atoms with Crippen molar-refractivity contribution in [2.24, 2.45) is 0 Å². The lowest BCUT2D eigenvalue weighted by Gasteiger charge is -2.18. The molecular weight excluding hydrogens is 346 g/mol. The number of hydrogen-bond acceptors (Lipinski definition) is 2. The number of imidazole rings is 1. The first-order valence-corrected chi connectivity index (χ1v) is 9.58. The van der Waals surface area contributed by atoms with Crippen LogP contribution >= 0.6 is 0 Å². The van der Waals surface area contributed by atoms with Crippen LogP contribution in [0.1, 0.15) is 34.7 Å². The van der Waals surface area contributed by atoms with Gasteiger partial charge in [0.25, 0.3) is 5.91 Å². The van der Waals surface area contributed by atoms with E-state index in [9.17, 15) is 4.79 Å². The topological polar surface area (TPSA) is 46.9 Å². The molecule has 1 N–H and O–H groups in total. The van der Waals surface area contributed by atoms with Crippen LogP contribution in [-0.4, -0.2) is 22.0 Å². The number of hydrogen-bond donors (Lipinski definition) is 1. The molecule has 0 aliphatic rings. The van der Waals surface area contributed by atoms with Crippen LogP contribution in [0.4, 0.5) is 0 Å². The first-order valence-electron chi connectivity index (χ1n) is 9.58. The van der Waals surface area contributed by atoms with E-state index in [1.807, 2.05) is 54.6 Å². The van der Waals surface area contributed by atoms with E-state index in [0.29, 0.717) is 18.5 Å². The number of fused-ring (bicyclic) bond motifs is 1. The van der Waals surface area contributed by atoms with E-state index in [0.717, 1.165) is 16.9 Å². The Morgan fingerprint density at radius 1 is 0.929 bits per heavy atom. The summed E-state index contributed by atoms with van der Waals surface area (Å²) in [4.78, 5) is 17.1. The molecule has 0 fully saturated rings. The standard InChI is InChI=1S/C24H23N3O/c1-18(19-10-4-2-5-11-19)27-22-15-9-8-14-21(22)26-23(27)16-17-25-24(28)20-12-6-3-7-13-20/h2-15,18H,16-17H2,1H3,(H,25,28). The predicted octanol–water partition coefficient (Wildman–Crippen LogP) is 4.62. The number of benzene rings is 3. The van der Waals surface area contributed by atoms with Crippen LogP contribution in [0.25, 0.3) is 11.0 Å². The molecule has 4 aromatic rings. The summed E-state index contributed by atoms with van der Waals surface area (Å²) >= 11 is 0. The highest BCUT2D eigenvalue weighted by Gasteiger charge is 2.17. The lowest BCUT2D eigenvalue weighted by atomic mass is 10.1. The maximum Gasteiger partial charge on any atom is 0.251 e. The summed E-state index contributed by atoms with van der Waals surface area (Å²) in [6, 6.07) is 28.1. The van der Waals surface area contributed by atoms with Crippen molar-refractivity contribution < 1.29 is 4.79 Å². The fourth-order valence-corrected chi connectivity index (χ4v) is 3.56. The van der Waals surface area contributed by atoms with E-state index in [2.05, 4.69) is 47.1 Å². The molecule has 140 valence electrons. The molecule has 0 aliphatic heterocycles. The highest BCUT2D eigenvalue weighted by atomic mass is 16.1. The number of nitrogens with one attached hydrogen (secondary N) is 1. The number of carbonyl (C=O) groups is 1. The summed E-state index contributed by atoms with van der Waals surface area (Å²) in [5.74, 6) is 0.922. The van der Waals surface area contributed by atoms with Gasteiger partial charge >= 0.3 is 0 Å². The van der Waals surface area contributed by atoms with Crippen LogP contribution in [0.3, 0.4) is 0 Å². The maximum absolute atomic E-state index is 12.3. The normalized spacial score (nSPS) is 12.0. The molecule has 1 unspecified atom stereocenters. The van der Waals surface area contributed by atoms with Gasteiger partial charge in [-0.2, -0.15) is 0 Å². The Balaban J connectivity index is 1.57. The molecule has 0 aliphatic carbocycles. The van der Waals surface area contributed by atoms with Gasteiger partial charge in [0, 0.05) is 18.5 Å². The zero-order chi connectivity index (χ0) is 19.3. The summed E-state index contributed by atoms with van der Waals surface area (Å²) in [7, 11) is 0. The minimum absolute atomic E-state index is 0.0561. The Morgan fingerprint density at radius 2 is 1.57 bits per heavy atom. The van der Waals surface area contributed by atoms with Crippen molar-refractivity contribution in [2.75, 3.05) is 6.54 Å². The zero-order valence-electron chi connectivity index (χ0n) is 15.9. The Kier molecular flexibility index (Phi) is 5.20. The third kappa shape index (κ3) is 3.67. The Labute approximate surface area is 164 Å². The quantitative estimate of drug-likeness (QED) is 0.539. The Bertz CT molecular complexity index is 1070. The third-order valence-corrected chi connectivity index (χ3v) is 5.01. The second-order valence-corrected chi connectivity index (χ2v) is 6.85. The van der Waals surface area contributed by atoms with E-state index in [1.165, 1.54) is 5.56 Å². The average Bonchev–Trinajstić information content (AvgIpc) is 3.12. The molecule has 0 radical (unpaired) electrons. The van der Waals surface area contributed by atoms with E-state index in [4.69, 9.17) is 4.98 Å². The smallest absolute Gasteiger partial charge is 0.251 e. The third-order valence-electron chi connectivity index (χ3n) is 5.01. The summed E-state index contributed by atoms with van der Waals surface area (Å²) in [5, 5.41) is 3.01. The number of rotatable bonds is 6. The molecule has 4 heteroatoms. The van der Waals surface area contributed by atoms with Crippen LogP contribution in [0.2, 0.25) is 0 Å². The Morgan fingerprint density at radius 3 is 2.32 bits per heavy atom. The molecule has 1 aromatic heterocycles. The Hall–Kier alpha value is -3.40. The second kappa shape index (κ2) is 8.09. The van der Waals surface area contributed by atoms with Crippen LogP contribution in [0, 0.1) is 0 Å².